The number of nitrogens with one attached hydrogen (secondary N) is 2. The zero-order valence-electron chi connectivity index (χ0n) is 39.9. The van der Waals surface area contributed by atoms with Crippen LogP contribution in [0, 0.1) is 0 Å². The molecule has 2 amide bonds. The molecule has 4 atom stereocenters. The van der Waals surface area contributed by atoms with Crippen molar-refractivity contribution < 1.29 is 28.2 Å². The number of halogens is 1. The van der Waals surface area contributed by atoms with Crippen LogP contribution < -0.4 is 10.6 Å². The molecule has 2 aromatic heterocycles. The molecule has 364 valence electrons. The van der Waals surface area contributed by atoms with Crippen molar-refractivity contribution in [2.75, 3.05) is 17.2 Å². The molecule has 1 aliphatic rings. The predicted molar refractivity (Wildman–Crippen MR) is 282 cm³/mol. The van der Waals surface area contributed by atoms with E-state index in [1.165, 1.54) is 10.9 Å². The van der Waals surface area contributed by atoms with Crippen molar-refractivity contribution in [1.82, 2.24) is 19.5 Å². The summed E-state index contributed by atoms with van der Waals surface area (Å²) in [6, 6.07) is 76.3. The first-order valence-corrected chi connectivity index (χ1v) is 24.3. The highest BCUT2D eigenvalue weighted by Crippen LogP contribution is 2.48. The van der Waals surface area contributed by atoms with Crippen LogP contribution in [0.15, 0.2) is 249 Å². The third-order valence-corrected chi connectivity index (χ3v) is 13.4. The van der Waals surface area contributed by atoms with Gasteiger partial charge in [-0.1, -0.05) is 218 Å². The third-order valence-electron chi connectivity index (χ3n) is 13.4. The van der Waals surface area contributed by atoms with Crippen LogP contribution in [0.3, 0.4) is 0 Å². The highest BCUT2D eigenvalue weighted by molar-refractivity contribution is 6.08. The van der Waals surface area contributed by atoms with E-state index in [0.717, 1.165) is 33.4 Å². The normalized spacial score (nSPS) is 16.7. The fourth-order valence-electron chi connectivity index (χ4n) is 9.87. The van der Waals surface area contributed by atoms with Crippen LogP contribution in [0.25, 0.3) is 11.2 Å². The van der Waals surface area contributed by atoms with Gasteiger partial charge < -0.3 is 19.5 Å². The minimum atomic E-state index is -1.92. The molecule has 74 heavy (non-hydrogen) atoms. The van der Waals surface area contributed by atoms with Gasteiger partial charge in [-0.3, -0.25) is 19.5 Å². The molecule has 0 aliphatic carbocycles. The number of amides is 2. The first-order chi connectivity index (χ1) is 36.4. The van der Waals surface area contributed by atoms with Crippen molar-refractivity contribution in [2.24, 2.45) is 0 Å². The van der Waals surface area contributed by atoms with Crippen molar-refractivity contribution in [2.45, 2.75) is 35.8 Å². The van der Waals surface area contributed by atoms with Crippen molar-refractivity contribution in [3.8, 4) is 0 Å². The van der Waals surface area contributed by atoms with Gasteiger partial charge in [0.1, 0.15) is 23.4 Å². The number of ether oxygens (including phenoxy) is 3. The number of aromatic nitrogens is 4. The number of hydrogen-bond donors (Lipinski definition) is 2. The summed E-state index contributed by atoms with van der Waals surface area (Å²) in [6.45, 7) is -0.174. The second kappa shape index (κ2) is 21.0. The van der Waals surface area contributed by atoms with Crippen LogP contribution in [-0.2, 0) is 25.4 Å². The van der Waals surface area contributed by atoms with E-state index in [9.17, 15) is 9.59 Å². The molecule has 0 bridgehead atoms. The van der Waals surface area contributed by atoms with Gasteiger partial charge in [-0.25, -0.2) is 9.37 Å². The molecule has 1 saturated heterocycles. The Hall–Kier alpha value is -8.94. The maximum absolute atomic E-state index is 18.8. The Morgan fingerprint density at radius 2 is 0.892 bits per heavy atom. The molecular formula is C62H49FN6O5. The lowest BCUT2D eigenvalue weighted by atomic mass is 9.79. The first kappa shape index (κ1) is 47.4. The van der Waals surface area contributed by atoms with Crippen molar-refractivity contribution in [1.29, 1.82) is 0 Å². The van der Waals surface area contributed by atoms with Crippen LogP contribution >= 0.6 is 0 Å². The molecule has 1 aliphatic heterocycles. The second-order valence-corrected chi connectivity index (χ2v) is 17.8. The summed E-state index contributed by atoms with van der Waals surface area (Å²) < 4.78 is 42.3. The zero-order valence-corrected chi connectivity index (χ0v) is 39.9. The smallest absolute Gasteiger partial charge is 0.258 e. The maximum atomic E-state index is 18.8. The molecule has 8 aromatic carbocycles. The summed E-state index contributed by atoms with van der Waals surface area (Å²) in [5.74, 6) is -1.15. The van der Waals surface area contributed by atoms with Gasteiger partial charge >= 0.3 is 0 Å². The number of alkyl halides is 1. The molecule has 10 aromatic rings. The Kier molecular flexibility index (Phi) is 13.5. The molecule has 11 nitrogen and oxygen atoms in total. The molecule has 1 fully saturated rings. The van der Waals surface area contributed by atoms with Crippen LogP contribution in [0.4, 0.5) is 16.2 Å². The number of fused-ring (bicyclic) bond motifs is 1. The second-order valence-electron chi connectivity index (χ2n) is 17.8. The lowest BCUT2D eigenvalue weighted by Gasteiger charge is -2.40. The molecule has 0 spiro atoms. The molecule has 11 rings (SSSR count). The van der Waals surface area contributed by atoms with Gasteiger partial charge in [0, 0.05) is 11.1 Å². The first-order valence-electron chi connectivity index (χ1n) is 24.3. The average Bonchev–Trinajstić information content (AvgIpc) is 4.03. The Balaban J connectivity index is 1.07. The summed E-state index contributed by atoms with van der Waals surface area (Å²) in [5.41, 5.74) is 3.16. The molecule has 0 unspecified atom stereocenters. The number of nitrogens with zero attached hydrogens (tertiary/aromatic N) is 4. The Labute approximate surface area is 427 Å². The van der Waals surface area contributed by atoms with Crippen LogP contribution in [0.1, 0.15) is 60.3 Å². The van der Waals surface area contributed by atoms with E-state index < -0.39 is 47.6 Å². The molecule has 0 saturated carbocycles. The summed E-state index contributed by atoms with van der Waals surface area (Å²) >= 11 is 0. The standard InChI is InChI=1S/C62H49FN6O5/c63-52-54(74-62(48-35-19-6-20-36-48,49-37-21-7-22-38-49)50-39-23-8-24-40-50)51(41-72-61(45-29-13-3-14-30-45,46-31-15-4-16-32-46)47-33-17-5-18-34-47)73-59(52)69-42-64-53-55(65-57(70)43-25-9-1-10-26-43)66-60(67-56(53)69)68-58(71)44-27-11-2-12-28-44/h1-40,42,51-52,54,59H,41H2,(H2,65,66,67,68,70,71)/t51-,52+,54-,59-/m1/s1. The van der Waals surface area contributed by atoms with Gasteiger partial charge in [0.05, 0.1) is 12.9 Å². The summed E-state index contributed by atoms with van der Waals surface area (Å²) in [7, 11) is 0. The number of anilines is 2. The van der Waals surface area contributed by atoms with Gasteiger partial charge in [-0.15, -0.1) is 0 Å². The maximum Gasteiger partial charge on any atom is 0.258 e. The highest BCUT2D eigenvalue weighted by Gasteiger charge is 2.53. The van der Waals surface area contributed by atoms with E-state index in [4.69, 9.17) is 19.2 Å². The molecule has 2 N–H and O–H groups in total. The SMILES string of the molecule is O=C(Nc1nc(NC(=O)c2ccccc2)c2ncn([C@@H]3O[C@H](COC(c4ccccc4)(c4ccccc4)c4ccccc4)[C@@H](OC(c4ccccc4)(c4ccccc4)c4ccccc4)[C@@H]3F)c2n1)c1ccccc1. The zero-order chi connectivity index (χ0) is 50.3. The summed E-state index contributed by atoms with van der Waals surface area (Å²) in [6.07, 6.45) is -4.40. The number of carbonyl (C=O) groups is 2. The van der Waals surface area contributed by atoms with E-state index >= 15 is 4.39 Å². The largest absolute Gasteiger partial charge is 0.358 e. The monoisotopic (exact) mass is 976 g/mol. The predicted octanol–water partition coefficient (Wildman–Crippen LogP) is 12.0. The van der Waals surface area contributed by atoms with E-state index in [0.29, 0.717) is 11.1 Å². The van der Waals surface area contributed by atoms with Gasteiger partial charge in [0.15, 0.2) is 29.4 Å². The van der Waals surface area contributed by atoms with E-state index in [1.54, 1.807) is 60.7 Å². The lowest BCUT2D eigenvalue weighted by Crippen LogP contribution is -2.45. The summed E-state index contributed by atoms with van der Waals surface area (Å²) in [4.78, 5) is 41.4. The third kappa shape index (κ3) is 9.13. The number of hydrogen-bond acceptors (Lipinski definition) is 8. The quantitative estimate of drug-likeness (QED) is 0.0916. The summed E-state index contributed by atoms with van der Waals surface area (Å²) in [5, 5.41) is 5.64. The Bertz CT molecular complexity index is 3280. The van der Waals surface area contributed by atoms with Crippen molar-refractivity contribution >= 4 is 34.7 Å². The van der Waals surface area contributed by atoms with E-state index in [-0.39, 0.29) is 29.5 Å². The molecule has 0 radical (unpaired) electrons. The van der Waals surface area contributed by atoms with Gasteiger partial charge in [-0.2, -0.15) is 9.97 Å². The van der Waals surface area contributed by atoms with Crippen LogP contribution in [0.5, 0.6) is 0 Å². The minimum absolute atomic E-state index is 0.0123. The Morgan fingerprint density at radius 1 is 0.514 bits per heavy atom. The van der Waals surface area contributed by atoms with Crippen molar-refractivity contribution in [3.05, 3.63) is 293 Å². The van der Waals surface area contributed by atoms with Crippen LogP contribution in [-0.4, -0.2) is 56.3 Å². The van der Waals surface area contributed by atoms with Crippen LogP contribution in [0.2, 0.25) is 0 Å². The number of rotatable bonds is 16. The van der Waals surface area contributed by atoms with Gasteiger partial charge in [0.25, 0.3) is 11.8 Å². The Morgan fingerprint density at radius 3 is 1.31 bits per heavy atom. The van der Waals surface area contributed by atoms with Gasteiger partial charge in [0.2, 0.25) is 5.95 Å². The fourth-order valence-corrected chi connectivity index (χ4v) is 9.87. The average molecular weight is 977 g/mol. The van der Waals surface area contributed by atoms with Crippen molar-refractivity contribution in [3.63, 3.8) is 0 Å². The number of imidazole rings is 1. The molecule has 12 heteroatoms. The minimum Gasteiger partial charge on any atom is -0.358 e. The van der Waals surface area contributed by atoms with E-state index in [1.807, 2.05) is 182 Å². The topological polar surface area (TPSA) is 129 Å². The highest BCUT2D eigenvalue weighted by atomic mass is 19.1. The molecule has 3 heterocycles. The van der Waals surface area contributed by atoms with E-state index in [2.05, 4.69) is 20.6 Å². The number of benzene rings is 8. The molecular weight excluding hydrogens is 928 g/mol. The fraction of sp³-hybridized carbons (Fsp3) is 0.113. The number of carbonyl (C=O) groups excluding carboxylic acids is 2. The van der Waals surface area contributed by atoms with Gasteiger partial charge in [-0.05, 0) is 57.6 Å². The lowest BCUT2D eigenvalue weighted by molar-refractivity contribution is -0.128.